The van der Waals surface area contributed by atoms with E-state index in [1.165, 1.54) is 29.5 Å². The second-order valence-electron chi connectivity index (χ2n) is 4.18. The van der Waals surface area contributed by atoms with Gasteiger partial charge >= 0.3 is 0 Å². The van der Waals surface area contributed by atoms with Crippen LogP contribution in [0.1, 0.15) is 42.4 Å². The third kappa shape index (κ3) is 1.72. The molecule has 1 nitrogen and oxygen atoms in total. The summed E-state index contributed by atoms with van der Waals surface area (Å²) in [4.78, 5) is 10.3. The lowest BCUT2D eigenvalue weighted by molar-refractivity contribution is -0.107. The summed E-state index contributed by atoms with van der Waals surface area (Å²) in [5.41, 5.74) is 4.32. The number of benzene rings is 1. The maximum atomic E-state index is 10.3. The Morgan fingerprint density at radius 1 is 1.50 bits per heavy atom. The number of aryl methyl sites for hydroxylation is 2. The zero-order chi connectivity index (χ0) is 9.97. The van der Waals surface area contributed by atoms with Gasteiger partial charge in [0.25, 0.3) is 0 Å². The first-order valence-corrected chi connectivity index (χ1v) is 5.36. The SMILES string of the molecule is CC1CCc2ccc(CCC=O)cc21. The summed E-state index contributed by atoms with van der Waals surface area (Å²) < 4.78 is 0. The molecule has 0 aliphatic heterocycles. The Hall–Kier alpha value is -1.11. The van der Waals surface area contributed by atoms with Crippen LogP contribution >= 0.6 is 0 Å². The van der Waals surface area contributed by atoms with Crippen molar-refractivity contribution in [2.75, 3.05) is 0 Å². The van der Waals surface area contributed by atoms with E-state index in [9.17, 15) is 4.79 Å². The number of hydrogen-bond acceptors (Lipinski definition) is 1. The van der Waals surface area contributed by atoms with Crippen molar-refractivity contribution in [3.05, 3.63) is 34.9 Å². The summed E-state index contributed by atoms with van der Waals surface area (Å²) in [5.74, 6) is 0.709. The zero-order valence-corrected chi connectivity index (χ0v) is 8.62. The number of hydrogen-bond donors (Lipinski definition) is 0. The molecule has 1 aliphatic rings. The quantitative estimate of drug-likeness (QED) is 0.667. The first-order valence-electron chi connectivity index (χ1n) is 5.36. The van der Waals surface area contributed by atoms with Crippen molar-refractivity contribution in [3.8, 4) is 0 Å². The maximum Gasteiger partial charge on any atom is 0.120 e. The van der Waals surface area contributed by atoms with Crippen LogP contribution in [0.25, 0.3) is 0 Å². The Bertz CT molecular complexity index is 341. The fraction of sp³-hybridized carbons (Fsp3) is 0.462. The number of carbonyl (C=O) groups is 1. The lowest BCUT2D eigenvalue weighted by Gasteiger charge is -2.06. The van der Waals surface area contributed by atoms with Crippen LogP contribution in [0.3, 0.4) is 0 Å². The number of aldehydes is 1. The van der Waals surface area contributed by atoms with Gasteiger partial charge in [-0.1, -0.05) is 25.1 Å². The molecule has 1 unspecified atom stereocenters. The molecule has 2 rings (SSSR count). The molecular formula is C13H16O. The molecule has 0 aromatic heterocycles. The standard InChI is InChI=1S/C13H16O/c1-10-4-6-12-7-5-11(3-2-8-14)9-13(10)12/h5,7-10H,2-4,6H2,1H3. The molecule has 0 bridgehead atoms. The minimum Gasteiger partial charge on any atom is -0.303 e. The highest BCUT2D eigenvalue weighted by Gasteiger charge is 2.17. The fourth-order valence-electron chi connectivity index (χ4n) is 2.24. The van der Waals surface area contributed by atoms with Crippen LogP contribution in [0, 0.1) is 0 Å². The molecule has 14 heavy (non-hydrogen) atoms. The normalized spacial score (nSPS) is 19.4. The molecule has 0 heterocycles. The highest BCUT2D eigenvalue weighted by atomic mass is 16.1. The van der Waals surface area contributed by atoms with Crippen LogP contribution in [-0.2, 0) is 17.6 Å². The minimum atomic E-state index is 0.646. The van der Waals surface area contributed by atoms with Crippen LogP contribution in [-0.4, -0.2) is 6.29 Å². The lowest BCUT2D eigenvalue weighted by Crippen LogP contribution is -1.91. The Labute approximate surface area is 85.1 Å². The van der Waals surface area contributed by atoms with Gasteiger partial charge < -0.3 is 4.79 Å². The van der Waals surface area contributed by atoms with Gasteiger partial charge in [-0.25, -0.2) is 0 Å². The summed E-state index contributed by atoms with van der Waals surface area (Å²) in [6, 6.07) is 6.69. The van der Waals surface area contributed by atoms with Gasteiger partial charge in [0.15, 0.2) is 0 Å². The van der Waals surface area contributed by atoms with Crippen molar-refractivity contribution >= 4 is 6.29 Å². The first kappa shape index (κ1) is 9.45. The van der Waals surface area contributed by atoms with Crippen molar-refractivity contribution in [2.24, 2.45) is 0 Å². The molecule has 0 radical (unpaired) electrons. The van der Waals surface area contributed by atoms with E-state index in [0.29, 0.717) is 12.3 Å². The van der Waals surface area contributed by atoms with Gasteiger partial charge in [0, 0.05) is 6.42 Å². The second kappa shape index (κ2) is 3.95. The molecule has 0 saturated heterocycles. The molecule has 0 fully saturated rings. The van der Waals surface area contributed by atoms with Gasteiger partial charge in [0.1, 0.15) is 6.29 Å². The molecule has 74 valence electrons. The number of carbonyl (C=O) groups excluding carboxylic acids is 1. The van der Waals surface area contributed by atoms with E-state index in [1.54, 1.807) is 0 Å². The van der Waals surface area contributed by atoms with Crippen LogP contribution in [0.15, 0.2) is 18.2 Å². The van der Waals surface area contributed by atoms with Gasteiger partial charge in [-0.05, 0) is 41.9 Å². The first-order chi connectivity index (χ1) is 6.81. The highest BCUT2D eigenvalue weighted by Crippen LogP contribution is 2.33. The van der Waals surface area contributed by atoms with Crippen molar-refractivity contribution in [3.63, 3.8) is 0 Å². The highest BCUT2D eigenvalue weighted by molar-refractivity contribution is 5.50. The van der Waals surface area contributed by atoms with Crippen LogP contribution < -0.4 is 0 Å². The molecule has 1 aliphatic carbocycles. The molecule has 0 amide bonds. The predicted molar refractivity (Wildman–Crippen MR) is 57.6 cm³/mol. The Morgan fingerprint density at radius 2 is 2.36 bits per heavy atom. The lowest BCUT2D eigenvalue weighted by atomic mass is 9.99. The molecule has 1 aromatic carbocycles. The van der Waals surface area contributed by atoms with Gasteiger partial charge in [0.05, 0.1) is 0 Å². The number of fused-ring (bicyclic) bond motifs is 1. The molecule has 1 heteroatoms. The van der Waals surface area contributed by atoms with Gasteiger partial charge in [-0.3, -0.25) is 0 Å². The minimum absolute atomic E-state index is 0.646. The van der Waals surface area contributed by atoms with E-state index in [0.717, 1.165) is 12.7 Å². The van der Waals surface area contributed by atoms with E-state index in [-0.39, 0.29) is 0 Å². The summed E-state index contributed by atoms with van der Waals surface area (Å²) in [6.07, 6.45) is 5.05. The monoisotopic (exact) mass is 188 g/mol. The van der Waals surface area contributed by atoms with E-state index in [1.807, 2.05) is 0 Å². The van der Waals surface area contributed by atoms with E-state index >= 15 is 0 Å². The summed E-state index contributed by atoms with van der Waals surface area (Å²) in [5, 5.41) is 0. The molecule has 1 aromatic rings. The van der Waals surface area contributed by atoms with Gasteiger partial charge in [-0.2, -0.15) is 0 Å². The number of rotatable bonds is 3. The molecule has 0 N–H and O–H groups in total. The molecular weight excluding hydrogens is 172 g/mol. The Morgan fingerprint density at radius 3 is 3.14 bits per heavy atom. The van der Waals surface area contributed by atoms with Crippen LogP contribution in [0.4, 0.5) is 0 Å². The average molecular weight is 188 g/mol. The van der Waals surface area contributed by atoms with Crippen molar-refractivity contribution in [1.29, 1.82) is 0 Å². The Balaban J connectivity index is 2.21. The Kier molecular flexibility index (Phi) is 2.67. The third-order valence-corrected chi connectivity index (χ3v) is 3.14. The predicted octanol–water partition coefficient (Wildman–Crippen LogP) is 2.87. The molecule has 0 saturated carbocycles. The largest absolute Gasteiger partial charge is 0.303 e. The molecule has 0 spiro atoms. The van der Waals surface area contributed by atoms with Crippen molar-refractivity contribution in [1.82, 2.24) is 0 Å². The van der Waals surface area contributed by atoms with Crippen molar-refractivity contribution < 1.29 is 4.79 Å². The maximum absolute atomic E-state index is 10.3. The third-order valence-electron chi connectivity index (χ3n) is 3.14. The van der Waals surface area contributed by atoms with E-state index in [2.05, 4.69) is 25.1 Å². The van der Waals surface area contributed by atoms with Crippen molar-refractivity contribution in [2.45, 2.75) is 38.5 Å². The average Bonchev–Trinajstić information content (AvgIpc) is 2.57. The van der Waals surface area contributed by atoms with Gasteiger partial charge in [-0.15, -0.1) is 0 Å². The smallest absolute Gasteiger partial charge is 0.120 e. The van der Waals surface area contributed by atoms with E-state index < -0.39 is 0 Å². The van der Waals surface area contributed by atoms with E-state index in [4.69, 9.17) is 0 Å². The zero-order valence-electron chi connectivity index (χ0n) is 8.62. The van der Waals surface area contributed by atoms with Crippen LogP contribution in [0.2, 0.25) is 0 Å². The summed E-state index contributed by atoms with van der Waals surface area (Å²) in [6.45, 7) is 2.29. The molecule has 1 atom stereocenters. The van der Waals surface area contributed by atoms with Gasteiger partial charge in [0.2, 0.25) is 0 Å². The second-order valence-corrected chi connectivity index (χ2v) is 4.18. The fourth-order valence-corrected chi connectivity index (χ4v) is 2.24. The summed E-state index contributed by atoms with van der Waals surface area (Å²) >= 11 is 0. The summed E-state index contributed by atoms with van der Waals surface area (Å²) in [7, 11) is 0. The van der Waals surface area contributed by atoms with Crippen LogP contribution in [0.5, 0.6) is 0 Å². The topological polar surface area (TPSA) is 17.1 Å².